The quantitative estimate of drug-likeness (QED) is 0.709. The van der Waals surface area contributed by atoms with E-state index in [2.05, 4.69) is 4.74 Å². The summed E-state index contributed by atoms with van der Waals surface area (Å²) in [6.45, 7) is 0. The zero-order valence-corrected chi connectivity index (χ0v) is 6.80. The Bertz CT molecular complexity index is 381. The number of nitrogen functional groups attached to an aromatic ring is 1. The molecule has 1 aromatic rings. The predicted octanol–water partition coefficient (Wildman–Crippen LogP) is 2.04. The van der Waals surface area contributed by atoms with Crippen LogP contribution in [0.15, 0.2) is 18.2 Å². The normalized spacial score (nSPS) is 10.7. The van der Waals surface area contributed by atoms with E-state index in [1.54, 1.807) is 6.07 Å². The molecule has 1 rings (SSSR count). The van der Waals surface area contributed by atoms with E-state index in [1.807, 2.05) is 0 Å². The molecule has 1 aromatic carbocycles. The van der Waals surface area contributed by atoms with Crippen molar-refractivity contribution in [1.29, 1.82) is 5.26 Å². The van der Waals surface area contributed by atoms with Gasteiger partial charge in [-0.05, 0) is 18.2 Å². The molecule has 0 atom stereocenters. The summed E-state index contributed by atoms with van der Waals surface area (Å²) in [7, 11) is 0. The first-order valence-corrected chi connectivity index (χ1v) is 3.48. The number of nitrogens with zero attached hydrogens (tertiary/aromatic N) is 1. The molecule has 0 amide bonds. The first kappa shape index (κ1) is 10.2. The average molecular weight is 202 g/mol. The van der Waals surface area contributed by atoms with Gasteiger partial charge in [0.2, 0.25) is 0 Å². The molecule has 74 valence electrons. The Balaban J connectivity index is 2.97. The van der Waals surface area contributed by atoms with Crippen LogP contribution in [0.5, 0.6) is 5.75 Å². The average Bonchev–Trinajstić information content (AvgIpc) is 2.06. The van der Waals surface area contributed by atoms with Crippen molar-refractivity contribution in [1.82, 2.24) is 0 Å². The Morgan fingerprint density at radius 1 is 1.36 bits per heavy atom. The van der Waals surface area contributed by atoms with Crippen molar-refractivity contribution in [3.05, 3.63) is 23.8 Å². The summed E-state index contributed by atoms with van der Waals surface area (Å²) < 4.78 is 38.9. The van der Waals surface area contributed by atoms with E-state index in [0.717, 1.165) is 12.1 Å². The molecule has 0 bridgehead atoms. The molecular weight excluding hydrogens is 197 g/mol. The van der Waals surface area contributed by atoms with Crippen LogP contribution in [-0.2, 0) is 0 Å². The lowest BCUT2D eigenvalue weighted by molar-refractivity contribution is -0.274. The third-order valence-electron chi connectivity index (χ3n) is 1.36. The number of ether oxygens (including phenoxy) is 1. The molecule has 0 aliphatic carbocycles. The van der Waals surface area contributed by atoms with Gasteiger partial charge in [0, 0.05) is 0 Å². The number of alkyl halides is 3. The van der Waals surface area contributed by atoms with Gasteiger partial charge < -0.3 is 10.5 Å². The van der Waals surface area contributed by atoms with Crippen LogP contribution in [0.1, 0.15) is 5.56 Å². The molecule has 0 spiro atoms. The second kappa shape index (κ2) is 3.46. The minimum Gasteiger partial charge on any atom is -0.404 e. The van der Waals surface area contributed by atoms with Gasteiger partial charge >= 0.3 is 6.36 Å². The van der Waals surface area contributed by atoms with Crippen molar-refractivity contribution in [3.8, 4) is 11.8 Å². The monoisotopic (exact) mass is 202 g/mol. The summed E-state index contributed by atoms with van der Waals surface area (Å²) in [5, 5.41) is 8.42. The topological polar surface area (TPSA) is 59.0 Å². The first-order chi connectivity index (χ1) is 6.42. The zero-order valence-electron chi connectivity index (χ0n) is 6.80. The van der Waals surface area contributed by atoms with Gasteiger partial charge in [0.05, 0.1) is 17.3 Å². The Labute approximate surface area is 77.5 Å². The Kier molecular flexibility index (Phi) is 2.51. The van der Waals surface area contributed by atoms with E-state index in [4.69, 9.17) is 11.0 Å². The third kappa shape index (κ3) is 2.55. The van der Waals surface area contributed by atoms with Crippen molar-refractivity contribution in [2.75, 3.05) is 5.73 Å². The van der Waals surface area contributed by atoms with Gasteiger partial charge in [-0.25, -0.2) is 0 Å². The van der Waals surface area contributed by atoms with Crippen LogP contribution in [0.25, 0.3) is 0 Å². The summed E-state index contributed by atoms with van der Waals surface area (Å²) in [6.07, 6.45) is -4.78. The minimum absolute atomic E-state index is 0.178. The lowest BCUT2D eigenvalue weighted by Crippen LogP contribution is -2.18. The fourth-order valence-corrected chi connectivity index (χ4v) is 0.836. The van der Waals surface area contributed by atoms with E-state index >= 15 is 0 Å². The molecule has 0 saturated carbocycles. The number of nitriles is 1. The molecule has 2 N–H and O–H groups in total. The number of anilines is 1. The molecule has 0 heterocycles. The lowest BCUT2D eigenvalue weighted by Gasteiger charge is -2.10. The van der Waals surface area contributed by atoms with E-state index in [0.29, 0.717) is 0 Å². The van der Waals surface area contributed by atoms with Crippen LogP contribution in [0.3, 0.4) is 0 Å². The van der Waals surface area contributed by atoms with Gasteiger partial charge in [0.1, 0.15) is 0 Å². The molecule has 0 aliphatic rings. The smallest absolute Gasteiger partial charge is 0.404 e. The number of rotatable bonds is 1. The minimum atomic E-state index is -4.78. The van der Waals surface area contributed by atoms with Crippen LogP contribution >= 0.6 is 0 Å². The second-order valence-corrected chi connectivity index (χ2v) is 2.41. The fourth-order valence-electron chi connectivity index (χ4n) is 0.836. The molecule has 0 fully saturated rings. The highest BCUT2D eigenvalue weighted by molar-refractivity contribution is 5.56. The summed E-state index contributed by atoms with van der Waals surface area (Å²) in [5.74, 6) is -0.503. The maximum absolute atomic E-state index is 11.8. The maximum Gasteiger partial charge on any atom is 0.573 e. The summed E-state index contributed by atoms with van der Waals surface area (Å²) >= 11 is 0. The first-order valence-electron chi connectivity index (χ1n) is 3.48. The molecule has 3 nitrogen and oxygen atoms in total. The van der Waals surface area contributed by atoms with Gasteiger partial charge in [-0.1, -0.05) is 0 Å². The molecule has 0 aromatic heterocycles. The van der Waals surface area contributed by atoms with Crippen LogP contribution in [0.2, 0.25) is 0 Å². The lowest BCUT2D eigenvalue weighted by atomic mass is 10.2. The standard InChI is InChI=1S/C8H5F3N2O/c9-8(10,11)14-7-2-1-5(4-12)3-6(7)13/h1-3H,13H2. The van der Waals surface area contributed by atoms with Gasteiger partial charge in [0.15, 0.2) is 5.75 Å². The number of benzene rings is 1. The van der Waals surface area contributed by atoms with E-state index in [1.165, 1.54) is 6.07 Å². The Morgan fingerprint density at radius 2 is 2.00 bits per heavy atom. The van der Waals surface area contributed by atoms with Crippen LogP contribution in [0.4, 0.5) is 18.9 Å². The highest BCUT2D eigenvalue weighted by atomic mass is 19.4. The third-order valence-corrected chi connectivity index (χ3v) is 1.36. The highest BCUT2D eigenvalue weighted by Gasteiger charge is 2.31. The molecule has 14 heavy (non-hydrogen) atoms. The van der Waals surface area contributed by atoms with Crippen molar-refractivity contribution < 1.29 is 17.9 Å². The number of hydrogen-bond acceptors (Lipinski definition) is 3. The van der Waals surface area contributed by atoms with Crippen molar-refractivity contribution >= 4 is 5.69 Å². The molecule has 0 radical (unpaired) electrons. The van der Waals surface area contributed by atoms with Crippen molar-refractivity contribution in [3.63, 3.8) is 0 Å². The van der Waals surface area contributed by atoms with E-state index < -0.39 is 12.1 Å². The van der Waals surface area contributed by atoms with Crippen molar-refractivity contribution in [2.45, 2.75) is 6.36 Å². The fraction of sp³-hybridized carbons (Fsp3) is 0.125. The predicted molar refractivity (Wildman–Crippen MR) is 42.3 cm³/mol. The highest BCUT2D eigenvalue weighted by Crippen LogP contribution is 2.28. The summed E-state index contributed by atoms with van der Waals surface area (Å²) in [5.41, 5.74) is 5.18. The SMILES string of the molecule is N#Cc1ccc(OC(F)(F)F)c(N)c1. The summed E-state index contributed by atoms with van der Waals surface area (Å²) in [6, 6.07) is 5.05. The van der Waals surface area contributed by atoms with E-state index in [-0.39, 0.29) is 11.3 Å². The largest absolute Gasteiger partial charge is 0.573 e. The number of hydrogen-bond donors (Lipinski definition) is 1. The number of halogens is 3. The van der Waals surface area contributed by atoms with Crippen molar-refractivity contribution in [2.24, 2.45) is 0 Å². The molecule has 0 aliphatic heterocycles. The number of nitrogens with two attached hydrogens (primary N) is 1. The van der Waals surface area contributed by atoms with Gasteiger partial charge in [-0.15, -0.1) is 13.2 Å². The van der Waals surface area contributed by atoms with Gasteiger partial charge in [-0.3, -0.25) is 0 Å². The van der Waals surface area contributed by atoms with Crippen LogP contribution < -0.4 is 10.5 Å². The molecule has 0 saturated heterocycles. The maximum atomic E-state index is 11.8. The molecular formula is C8H5F3N2O. The van der Waals surface area contributed by atoms with Crippen LogP contribution in [0, 0.1) is 11.3 Å². The Morgan fingerprint density at radius 3 is 2.43 bits per heavy atom. The zero-order chi connectivity index (χ0) is 10.8. The van der Waals surface area contributed by atoms with Crippen LogP contribution in [-0.4, -0.2) is 6.36 Å². The van der Waals surface area contributed by atoms with Gasteiger partial charge in [-0.2, -0.15) is 5.26 Å². The van der Waals surface area contributed by atoms with E-state index in [9.17, 15) is 13.2 Å². The molecule has 0 unspecified atom stereocenters. The van der Waals surface area contributed by atoms with Gasteiger partial charge in [0.25, 0.3) is 0 Å². The Hall–Kier alpha value is -1.90. The second-order valence-electron chi connectivity index (χ2n) is 2.41. The summed E-state index contributed by atoms with van der Waals surface area (Å²) in [4.78, 5) is 0. The molecule has 6 heteroatoms.